The van der Waals surface area contributed by atoms with Crippen LogP contribution >= 0.6 is 23.4 Å². The van der Waals surface area contributed by atoms with Crippen LogP contribution in [0.1, 0.15) is 10.9 Å². The van der Waals surface area contributed by atoms with Gasteiger partial charge in [-0.05, 0) is 42.0 Å². The highest BCUT2D eigenvalue weighted by Crippen LogP contribution is 2.41. The zero-order valence-electron chi connectivity index (χ0n) is 11.4. The Morgan fingerprint density at radius 2 is 1.91 bits per heavy atom. The fourth-order valence-corrected chi connectivity index (χ4v) is 5.79. The number of hydrogen-bond donors (Lipinski definition) is 0. The summed E-state index contributed by atoms with van der Waals surface area (Å²) >= 11 is 7.55. The maximum atomic E-state index is 13.0. The maximum Gasteiger partial charge on any atom is 0.244 e. The molecule has 116 valence electrons. The van der Waals surface area contributed by atoms with Gasteiger partial charge in [0.1, 0.15) is 5.82 Å². The highest BCUT2D eigenvalue weighted by molar-refractivity contribution is 8.01. The second-order valence-electron chi connectivity index (χ2n) is 4.85. The van der Waals surface area contributed by atoms with E-state index in [1.54, 1.807) is 30.0 Å². The molecule has 3 rings (SSSR count). The highest BCUT2D eigenvalue weighted by atomic mass is 35.5. The molecule has 1 atom stereocenters. The molecule has 0 radical (unpaired) electrons. The Hall–Kier alpha value is -1.08. The number of nitrogens with zero attached hydrogens (tertiary/aromatic N) is 1. The van der Waals surface area contributed by atoms with E-state index in [1.165, 1.54) is 16.4 Å². The minimum absolute atomic E-state index is 0.100. The fourth-order valence-electron chi connectivity index (χ4n) is 2.37. The van der Waals surface area contributed by atoms with Crippen LogP contribution in [0.2, 0.25) is 5.02 Å². The van der Waals surface area contributed by atoms with Gasteiger partial charge in [0, 0.05) is 17.3 Å². The van der Waals surface area contributed by atoms with Crippen LogP contribution in [0.15, 0.2) is 53.4 Å². The van der Waals surface area contributed by atoms with Crippen molar-refractivity contribution in [3.8, 4) is 0 Å². The van der Waals surface area contributed by atoms with Crippen molar-refractivity contribution in [3.63, 3.8) is 0 Å². The van der Waals surface area contributed by atoms with E-state index in [-0.39, 0.29) is 10.3 Å². The van der Waals surface area contributed by atoms with Crippen LogP contribution in [0.4, 0.5) is 4.39 Å². The summed E-state index contributed by atoms with van der Waals surface area (Å²) in [5, 5.41) is 0.262. The largest absolute Gasteiger partial charge is 0.244 e. The topological polar surface area (TPSA) is 37.4 Å². The van der Waals surface area contributed by atoms with Gasteiger partial charge in [-0.25, -0.2) is 12.8 Å². The third kappa shape index (κ3) is 3.01. The van der Waals surface area contributed by atoms with Crippen LogP contribution in [-0.4, -0.2) is 25.0 Å². The smallest absolute Gasteiger partial charge is 0.207 e. The Morgan fingerprint density at radius 1 is 1.18 bits per heavy atom. The lowest BCUT2D eigenvalue weighted by molar-refractivity contribution is 0.434. The van der Waals surface area contributed by atoms with Gasteiger partial charge in [-0.15, -0.1) is 11.8 Å². The van der Waals surface area contributed by atoms with Gasteiger partial charge in [0.15, 0.2) is 0 Å². The van der Waals surface area contributed by atoms with Gasteiger partial charge in [0.05, 0.1) is 10.3 Å². The molecule has 2 aromatic carbocycles. The predicted molar refractivity (Wildman–Crippen MR) is 86.9 cm³/mol. The van der Waals surface area contributed by atoms with Crippen molar-refractivity contribution >= 4 is 33.4 Å². The Balaban J connectivity index is 1.97. The molecule has 0 N–H and O–H groups in total. The third-order valence-corrected chi connectivity index (χ3v) is 6.91. The zero-order valence-corrected chi connectivity index (χ0v) is 13.8. The number of sulfonamides is 1. The second kappa shape index (κ2) is 6.20. The second-order valence-corrected chi connectivity index (χ2v) is 8.36. The molecule has 7 heteroatoms. The summed E-state index contributed by atoms with van der Waals surface area (Å²) in [6.45, 7) is 0.418. The molecule has 1 aliphatic rings. The standard InChI is InChI=1S/C15H13ClFNO2S2/c16-12-3-1-2-11(10-12)15-18(8-9-21-15)22(19,20)14-6-4-13(17)5-7-14/h1-7,10,15H,8-9H2/t15-/m0/s1. The first-order chi connectivity index (χ1) is 10.5. The predicted octanol–water partition coefficient (Wildman–Crippen LogP) is 3.92. The Morgan fingerprint density at radius 3 is 2.59 bits per heavy atom. The van der Waals surface area contributed by atoms with Gasteiger partial charge in [0.2, 0.25) is 10.0 Å². The van der Waals surface area contributed by atoms with E-state index in [0.717, 1.165) is 17.7 Å². The average Bonchev–Trinajstić information content (AvgIpc) is 2.98. The summed E-state index contributed by atoms with van der Waals surface area (Å²) in [5.74, 6) is 0.249. The molecule has 1 fully saturated rings. The van der Waals surface area contributed by atoms with Crippen molar-refractivity contribution in [2.24, 2.45) is 0 Å². The van der Waals surface area contributed by atoms with Crippen LogP contribution in [0.25, 0.3) is 0 Å². The summed E-state index contributed by atoms with van der Waals surface area (Å²) in [6, 6.07) is 12.1. The lowest BCUT2D eigenvalue weighted by Crippen LogP contribution is -2.30. The number of halogens is 2. The SMILES string of the molecule is O=S(=O)(c1ccc(F)cc1)N1CCS[C@H]1c1cccc(Cl)c1. The van der Waals surface area contributed by atoms with E-state index in [0.29, 0.717) is 17.3 Å². The molecule has 0 bridgehead atoms. The van der Waals surface area contributed by atoms with E-state index >= 15 is 0 Å². The number of thioether (sulfide) groups is 1. The summed E-state index contributed by atoms with van der Waals surface area (Å²) in [4.78, 5) is 0.100. The summed E-state index contributed by atoms with van der Waals surface area (Å²) in [5.41, 5.74) is 0.848. The van der Waals surface area contributed by atoms with E-state index in [4.69, 9.17) is 11.6 Å². The Bertz CT molecular complexity index is 780. The van der Waals surface area contributed by atoms with E-state index < -0.39 is 15.8 Å². The highest BCUT2D eigenvalue weighted by Gasteiger charge is 2.36. The summed E-state index contributed by atoms with van der Waals surface area (Å²) < 4.78 is 40.0. The normalized spacial score (nSPS) is 19.5. The van der Waals surface area contributed by atoms with Crippen molar-refractivity contribution < 1.29 is 12.8 Å². The van der Waals surface area contributed by atoms with Crippen molar-refractivity contribution in [1.29, 1.82) is 0 Å². The van der Waals surface area contributed by atoms with Crippen LogP contribution < -0.4 is 0 Å². The molecule has 0 aromatic heterocycles. The molecule has 1 aliphatic heterocycles. The molecule has 0 aliphatic carbocycles. The molecule has 22 heavy (non-hydrogen) atoms. The average molecular weight is 358 g/mol. The van der Waals surface area contributed by atoms with Crippen molar-refractivity contribution in [2.45, 2.75) is 10.3 Å². The van der Waals surface area contributed by atoms with Crippen molar-refractivity contribution in [2.75, 3.05) is 12.3 Å². The van der Waals surface area contributed by atoms with Crippen LogP contribution in [0.3, 0.4) is 0 Å². The Kier molecular flexibility index (Phi) is 4.45. The minimum atomic E-state index is -3.66. The van der Waals surface area contributed by atoms with Gasteiger partial charge < -0.3 is 0 Å². The van der Waals surface area contributed by atoms with E-state index in [2.05, 4.69) is 0 Å². The molecule has 2 aromatic rings. The number of rotatable bonds is 3. The molecule has 0 spiro atoms. The van der Waals surface area contributed by atoms with Crippen LogP contribution in [0, 0.1) is 5.82 Å². The van der Waals surface area contributed by atoms with Gasteiger partial charge in [-0.2, -0.15) is 4.31 Å². The first kappa shape index (κ1) is 15.8. The van der Waals surface area contributed by atoms with Gasteiger partial charge in [0.25, 0.3) is 0 Å². The number of benzene rings is 2. The van der Waals surface area contributed by atoms with Gasteiger partial charge in [-0.1, -0.05) is 23.7 Å². The number of hydrogen-bond acceptors (Lipinski definition) is 3. The molecular formula is C15H13ClFNO2S2. The van der Waals surface area contributed by atoms with E-state index in [9.17, 15) is 12.8 Å². The van der Waals surface area contributed by atoms with E-state index in [1.807, 2.05) is 6.07 Å². The summed E-state index contributed by atoms with van der Waals surface area (Å²) in [7, 11) is -3.66. The first-order valence-corrected chi connectivity index (χ1v) is 9.49. The van der Waals surface area contributed by atoms with Gasteiger partial charge in [-0.3, -0.25) is 0 Å². The maximum absolute atomic E-state index is 13.0. The molecular weight excluding hydrogens is 345 g/mol. The molecule has 0 saturated carbocycles. The zero-order chi connectivity index (χ0) is 15.7. The summed E-state index contributed by atoms with van der Waals surface area (Å²) in [6.07, 6.45) is 0. The van der Waals surface area contributed by atoms with Crippen LogP contribution in [0.5, 0.6) is 0 Å². The molecule has 1 saturated heterocycles. The monoisotopic (exact) mass is 357 g/mol. The lowest BCUT2D eigenvalue weighted by atomic mass is 10.2. The molecule has 1 heterocycles. The molecule has 3 nitrogen and oxygen atoms in total. The quantitative estimate of drug-likeness (QED) is 0.835. The Labute approximate surface area is 138 Å². The lowest BCUT2D eigenvalue weighted by Gasteiger charge is -2.23. The fraction of sp³-hybridized carbons (Fsp3) is 0.200. The third-order valence-electron chi connectivity index (χ3n) is 3.40. The molecule has 0 amide bonds. The first-order valence-electron chi connectivity index (χ1n) is 6.63. The minimum Gasteiger partial charge on any atom is -0.207 e. The van der Waals surface area contributed by atoms with Crippen molar-refractivity contribution in [1.82, 2.24) is 4.31 Å². The van der Waals surface area contributed by atoms with Crippen molar-refractivity contribution in [3.05, 3.63) is 64.9 Å². The molecule has 0 unspecified atom stereocenters. The van der Waals surface area contributed by atoms with Gasteiger partial charge >= 0.3 is 0 Å². The van der Waals surface area contributed by atoms with Crippen LogP contribution in [-0.2, 0) is 10.0 Å².